The maximum absolute atomic E-state index is 13.6. The van der Waals surface area contributed by atoms with Gasteiger partial charge in [-0.25, -0.2) is 9.78 Å². The van der Waals surface area contributed by atoms with Crippen LogP contribution in [-0.4, -0.2) is 11.0 Å². The van der Waals surface area contributed by atoms with Gasteiger partial charge in [0.25, 0.3) is 0 Å². The summed E-state index contributed by atoms with van der Waals surface area (Å²) in [6.07, 6.45) is 3.75. The second-order valence-electron chi connectivity index (χ2n) is 9.10. The van der Waals surface area contributed by atoms with Crippen molar-refractivity contribution in [2.24, 2.45) is 5.92 Å². The highest BCUT2D eigenvalue weighted by atomic mass is 35.5. The van der Waals surface area contributed by atoms with Crippen LogP contribution >= 0.6 is 11.6 Å². The zero-order valence-corrected chi connectivity index (χ0v) is 19.8. The molecular formula is C28H26ClN3O. The van der Waals surface area contributed by atoms with E-state index in [0.29, 0.717) is 17.3 Å². The third-order valence-electron chi connectivity index (χ3n) is 6.62. The predicted molar refractivity (Wildman–Crippen MR) is 132 cm³/mol. The van der Waals surface area contributed by atoms with Crippen molar-refractivity contribution in [1.82, 2.24) is 10.3 Å². The van der Waals surface area contributed by atoms with Gasteiger partial charge < -0.3 is 5.32 Å². The fourth-order valence-electron chi connectivity index (χ4n) is 4.89. The summed E-state index contributed by atoms with van der Waals surface area (Å²) in [6, 6.07) is 15.6. The maximum Gasteiger partial charge on any atom is 0.323 e. The largest absolute Gasteiger partial charge is 0.323 e. The lowest BCUT2D eigenvalue weighted by atomic mass is 9.82. The molecule has 1 aliphatic carbocycles. The van der Waals surface area contributed by atoms with E-state index < -0.39 is 5.54 Å². The average molecular weight is 456 g/mol. The Morgan fingerprint density at radius 3 is 2.55 bits per heavy atom. The molecule has 1 N–H and O–H groups in total. The van der Waals surface area contributed by atoms with Crippen LogP contribution in [0, 0.1) is 38.5 Å². The van der Waals surface area contributed by atoms with E-state index in [-0.39, 0.29) is 11.9 Å². The fraction of sp³-hybridized carbons (Fsp3) is 0.286. The van der Waals surface area contributed by atoms with E-state index in [9.17, 15) is 4.79 Å². The maximum atomic E-state index is 13.6. The van der Waals surface area contributed by atoms with E-state index >= 15 is 0 Å². The number of benzene rings is 2. The molecule has 2 aromatic carbocycles. The Labute approximate surface area is 200 Å². The third kappa shape index (κ3) is 3.98. The van der Waals surface area contributed by atoms with Gasteiger partial charge in [0, 0.05) is 16.8 Å². The molecule has 2 aliphatic rings. The van der Waals surface area contributed by atoms with Crippen molar-refractivity contribution in [2.75, 3.05) is 4.90 Å². The van der Waals surface area contributed by atoms with Crippen LogP contribution in [-0.2, 0) is 12.1 Å². The summed E-state index contributed by atoms with van der Waals surface area (Å²) in [7, 11) is 0. The van der Waals surface area contributed by atoms with E-state index in [1.165, 1.54) is 16.7 Å². The lowest BCUT2D eigenvalue weighted by Crippen LogP contribution is -2.57. The molecule has 3 aromatic rings. The van der Waals surface area contributed by atoms with E-state index in [1.54, 1.807) is 6.20 Å². The van der Waals surface area contributed by atoms with Gasteiger partial charge in [-0.05, 0) is 92.5 Å². The van der Waals surface area contributed by atoms with Crippen LogP contribution in [0.2, 0.25) is 5.02 Å². The Balaban J connectivity index is 1.62. The van der Waals surface area contributed by atoms with Crippen LogP contribution in [0.4, 0.5) is 10.5 Å². The fourth-order valence-corrected chi connectivity index (χ4v) is 5.06. The molecule has 4 nitrogen and oxygen atoms in total. The summed E-state index contributed by atoms with van der Waals surface area (Å²) in [5.41, 5.74) is 6.49. The molecule has 0 unspecified atom stereocenters. The number of hydrogen-bond acceptors (Lipinski definition) is 2. The summed E-state index contributed by atoms with van der Waals surface area (Å²) < 4.78 is 0. The normalized spacial score (nSPS) is 19.4. The minimum Gasteiger partial charge on any atom is -0.317 e. The Hall–Kier alpha value is -3.29. The first-order valence-corrected chi connectivity index (χ1v) is 11.7. The first kappa shape index (κ1) is 21.6. The van der Waals surface area contributed by atoms with Crippen LogP contribution < -0.4 is 10.2 Å². The van der Waals surface area contributed by atoms with Crippen molar-refractivity contribution in [2.45, 2.75) is 45.7 Å². The van der Waals surface area contributed by atoms with Crippen molar-refractivity contribution in [1.29, 1.82) is 0 Å². The summed E-state index contributed by atoms with van der Waals surface area (Å²) in [4.78, 5) is 19.8. The molecule has 5 heteroatoms. The molecule has 0 radical (unpaired) electrons. The number of hydrogen-bond donors (Lipinski definition) is 1. The van der Waals surface area contributed by atoms with Crippen LogP contribution in [0.15, 0.2) is 54.7 Å². The lowest BCUT2D eigenvalue weighted by molar-refractivity contribution is 0.231. The van der Waals surface area contributed by atoms with Crippen LogP contribution in [0.25, 0.3) is 0 Å². The quantitative estimate of drug-likeness (QED) is 0.489. The molecule has 1 aliphatic heterocycles. The van der Waals surface area contributed by atoms with E-state index in [2.05, 4.69) is 55.0 Å². The van der Waals surface area contributed by atoms with Crippen molar-refractivity contribution in [3.63, 3.8) is 0 Å². The smallest absolute Gasteiger partial charge is 0.317 e. The molecule has 1 aromatic heterocycles. The standard InChI is InChI=1S/C28H26ClN3O/c1-18-14-19(2)24(20(3)15-18)17-32-26-10-9-22(29)16-25(26)28(21-7-8-21,31-27(32)33)12-11-23-6-4-5-13-30-23/h4-6,9-10,13-16,21H,7-8,17H2,1-3H3,(H,31,33)/t28-/m1/s1. The molecule has 0 spiro atoms. The molecule has 0 bridgehead atoms. The summed E-state index contributed by atoms with van der Waals surface area (Å²) in [5, 5.41) is 3.93. The van der Waals surface area contributed by atoms with Gasteiger partial charge in [0.05, 0.1) is 12.2 Å². The molecule has 33 heavy (non-hydrogen) atoms. The van der Waals surface area contributed by atoms with E-state index in [4.69, 9.17) is 11.6 Å². The molecule has 0 saturated heterocycles. The van der Waals surface area contributed by atoms with Crippen molar-refractivity contribution >= 4 is 23.3 Å². The number of amides is 2. The zero-order chi connectivity index (χ0) is 23.2. The van der Waals surface area contributed by atoms with Crippen LogP contribution in [0.1, 0.15) is 46.4 Å². The van der Waals surface area contributed by atoms with E-state index in [1.807, 2.05) is 41.3 Å². The number of urea groups is 1. The number of aromatic nitrogens is 1. The lowest BCUT2D eigenvalue weighted by Gasteiger charge is -2.42. The van der Waals surface area contributed by atoms with Crippen molar-refractivity contribution in [3.8, 4) is 11.8 Å². The highest BCUT2D eigenvalue weighted by Gasteiger charge is 2.51. The van der Waals surface area contributed by atoms with Gasteiger partial charge in [-0.15, -0.1) is 0 Å². The number of nitrogens with zero attached hydrogens (tertiary/aromatic N) is 2. The number of aryl methyl sites for hydroxylation is 3. The average Bonchev–Trinajstić information content (AvgIpc) is 3.63. The number of pyridine rings is 1. The van der Waals surface area contributed by atoms with Gasteiger partial charge in [-0.3, -0.25) is 4.90 Å². The number of carbonyl (C=O) groups excluding carboxylic acids is 1. The van der Waals surface area contributed by atoms with Crippen molar-refractivity contribution < 1.29 is 4.79 Å². The van der Waals surface area contributed by atoms with Gasteiger partial charge >= 0.3 is 6.03 Å². The number of anilines is 1. The minimum absolute atomic E-state index is 0.133. The van der Waals surface area contributed by atoms with Crippen LogP contribution in [0.5, 0.6) is 0 Å². The number of nitrogens with one attached hydrogen (secondary N) is 1. The van der Waals surface area contributed by atoms with Gasteiger partial charge in [-0.1, -0.05) is 41.3 Å². The first-order valence-electron chi connectivity index (χ1n) is 11.3. The highest BCUT2D eigenvalue weighted by molar-refractivity contribution is 6.30. The van der Waals surface area contributed by atoms with Gasteiger partial charge in [0.2, 0.25) is 0 Å². The second kappa shape index (κ2) is 8.24. The monoisotopic (exact) mass is 455 g/mol. The van der Waals surface area contributed by atoms with Gasteiger partial charge in [-0.2, -0.15) is 0 Å². The Kier molecular flexibility index (Phi) is 5.38. The van der Waals surface area contributed by atoms with Gasteiger partial charge in [0.15, 0.2) is 0 Å². The summed E-state index contributed by atoms with van der Waals surface area (Å²) in [6.45, 7) is 6.80. The number of fused-ring (bicyclic) bond motifs is 1. The topological polar surface area (TPSA) is 45.2 Å². The number of rotatable bonds is 3. The van der Waals surface area contributed by atoms with Gasteiger partial charge in [0.1, 0.15) is 11.2 Å². The number of carbonyl (C=O) groups is 1. The Bertz CT molecular complexity index is 1280. The summed E-state index contributed by atoms with van der Waals surface area (Å²) in [5.74, 6) is 6.87. The molecule has 2 heterocycles. The predicted octanol–water partition coefficient (Wildman–Crippen LogP) is 6.05. The summed E-state index contributed by atoms with van der Waals surface area (Å²) >= 11 is 6.47. The molecule has 1 saturated carbocycles. The van der Waals surface area contributed by atoms with Crippen molar-refractivity contribution in [3.05, 3.63) is 93.3 Å². The second-order valence-corrected chi connectivity index (χ2v) is 9.54. The zero-order valence-electron chi connectivity index (χ0n) is 19.1. The molecule has 5 rings (SSSR count). The van der Waals surface area contributed by atoms with Crippen LogP contribution in [0.3, 0.4) is 0 Å². The Morgan fingerprint density at radius 1 is 1.12 bits per heavy atom. The minimum atomic E-state index is -0.775. The molecular weight excluding hydrogens is 430 g/mol. The SMILES string of the molecule is Cc1cc(C)c(CN2C(=O)N[C@](C#Cc3ccccn3)(C3CC3)c3cc(Cl)ccc32)c(C)c1. The van der Waals surface area contributed by atoms with E-state index in [0.717, 1.165) is 29.7 Å². The molecule has 166 valence electrons. The third-order valence-corrected chi connectivity index (χ3v) is 6.86. The number of halogens is 1. The molecule has 1 fully saturated rings. The molecule has 2 amide bonds. The molecule has 1 atom stereocenters. The first-order chi connectivity index (χ1) is 15.9. The Morgan fingerprint density at radius 2 is 1.88 bits per heavy atom. The highest BCUT2D eigenvalue weighted by Crippen LogP contribution is 2.50.